The van der Waals surface area contributed by atoms with E-state index in [9.17, 15) is 14.0 Å². The monoisotopic (exact) mass is 256 g/mol. The maximum Gasteiger partial charge on any atom is 0.334 e. The first-order chi connectivity index (χ1) is 8.45. The van der Waals surface area contributed by atoms with Gasteiger partial charge in [-0.3, -0.25) is 4.79 Å². The fourth-order valence-electron chi connectivity index (χ4n) is 1.28. The molecule has 0 aliphatic rings. The lowest BCUT2D eigenvalue weighted by molar-refractivity contribution is -0.148. The molecule has 0 bridgehead atoms. The van der Waals surface area contributed by atoms with E-state index >= 15 is 0 Å². The Kier molecular flexibility index (Phi) is 4.61. The second kappa shape index (κ2) is 5.97. The molecule has 18 heavy (non-hydrogen) atoms. The van der Waals surface area contributed by atoms with Gasteiger partial charge in [0.15, 0.2) is 6.10 Å². The van der Waals surface area contributed by atoms with Gasteiger partial charge in [0.05, 0.1) is 12.1 Å². The summed E-state index contributed by atoms with van der Waals surface area (Å²) in [4.78, 5) is 22.3. The molecule has 0 aliphatic carbocycles. The van der Waals surface area contributed by atoms with Gasteiger partial charge < -0.3 is 20.9 Å². The second-order valence-corrected chi connectivity index (χ2v) is 3.50. The molecule has 0 spiro atoms. The Morgan fingerprint density at radius 3 is 2.78 bits per heavy atom. The van der Waals surface area contributed by atoms with E-state index in [1.54, 1.807) is 0 Å². The number of aliphatic carboxylic acids is 1. The third kappa shape index (κ3) is 3.42. The molecule has 1 aromatic rings. The van der Waals surface area contributed by atoms with Gasteiger partial charge in [-0.25, -0.2) is 9.18 Å². The van der Waals surface area contributed by atoms with Crippen LogP contribution in [0.5, 0.6) is 0 Å². The molecular formula is C11H13FN2O4. The number of amides is 1. The molecule has 0 radical (unpaired) electrons. The van der Waals surface area contributed by atoms with E-state index in [4.69, 9.17) is 10.8 Å². The van der Waals surface area contributed by atoms with Gasteiger partial charge in [-0.15, -0.1) is 0 Å². The molecule has 0 fully saturated rings. The Labute approximate surface area is 103 Å². The average molecular weight is 256 g/mol. The maximum atomic E-state index is 12.9. The topological polar surface area (TPSA) is 102 Å². The third-order valence-electron chi connectivity index (χ3n) is 2.27. The highest BCUT2D eigenvalue weighted by Gasteiger charge is 2.18. The van der Waals surface area contributed by atoms with Crippen LogP contribution >= 0.6 is 0 Å². The number of hydrogen-bond donors (Lipinski definition) is 3. The van der Waals surface area contributed by atoms with Crippen molar-refractivity contribution in [1.82, 2.24) is 5.32 Å². The number of nitrogens with two attached hydrogens (primary N) is 1. The van der Waals surface area contributed by atoms with Crippen LogP contribution in [0.4, 0.5) is 10.1 Å². The molecule has 1 amide bonds. The molecular weight excluding hydrogens is 243 g/mol. The number of rotatable bonds is 5. The Balaban J connectivity index is 2.71. The molecule has 1 rings (SSSR count). The van der Waals surface area contributed by atoms with Crippen LogP contribution in [0.25, 0.3) is 0 Å². The average Bonchev–Trinajstić information content (AvgIpc) is 2.32. The van der Waals surface area contributed by atoms with Crippen LogP contribution < -0.4 is 11.1 Å². The number of anilines is 1. The number of benzene rings is 1. The van der Waals surface area contributed by atoms with Crippen molar-refractivity contribution in [2.45, 2.75) is 6.10 Å². The van der Waals surface area contributed by atoms with E-state index < -0.39 is 23.8 Å². The second-order valence-electron chi connectivity index (χ2n) is 3.50. The summed E-state index contributed by atoms with van der Waals surface area (Å²) in [5.41, 5.74) is 5.58. The van der Waals surface area contributed by atoms with Gasteiger partial charge in [0, 0.05) is 12.8 Å². The minimum absolute atomic E-state index is 0.0461. The summed E-state index contributed by atoms with van der Waals surface area (Å²) in [5.74, 6) is -2.46. The number of halogens is 1. The first-order valence-corrected chi connectivity index (χ1v) is 5.04. The minimum Gasteiger partial charge on any atom is -0.479 e. The SMILES string of the molecule is COC(CNC(=O)c1cc(F)ccc1N)C(=O)O. The van der Waals surface area contributed by atoms with Gasteiger partial charge in [-0.2, -0.15) is 0 Å². The summed E-state index contributed by atoms with van der Waals surface area (Å²) in [6.45, 7) is -0.235. The van der Waals surface area contributed by atoms with E-state index in [1.165, 1.54) is 13.2 Å². The van der Waals surface area contributed by atoms with E-state index in [0.29, 0.717) is 0 Å². The molecule has 0 aliphatic heterocycles. The molecule has 7 heteroatoms. The summed E-state index contributed by atoms with van der Waals surface area (Å²) >= 11 is 0. The number of carboxylic acid groups (broad SMARTS) is 1. The summed E-state index contributed by atoms with van der Waals surface area (Å²) in [6, 6.07) is 3.36. The van der Waals surface area contributed by atoms with E-state index in [1.807, 2.05) is 0 Å². The van der Waals surface area contributed by atoms with Crippen LogP contribution in [0, 0.1) is 5.82 Å². The zero-order valence-electron chi connectivity index (χ0n) is 9.64. The van der Waals surface area contributed by atoms with E-state index in [0.717, 1.165) is 12.1 Å². The summed E-state index contributed by atoms with van der Waals surface area (Å²) < 4.78 is 17.6. The Bertz CT molecular complexity index is 464. The molecule has 98 valence electrons. The standard InChI is InChI=1S/C11H13FN2O4/c1-18-9(11(16)17)5-14-10(15)7-4-6(12)2-3-8(7)13/h2-4,9H,5,13H2,1H3,(H,14,15)(H,16,17). The fraction of sp³-hybridized carbons (Fsp3) is 0.273. The lowest BCUT2D eigenvalue weighted by Crippen LogP contribution is -2.38. The Morgan fingerprint density at radius 1 is 1.56 bits per heavy atom. The van der Waals surface area contributed by atoms with Gasteiger partial charge >= 0.3 is 5.97 Å². The summed E-state index contributed by atoms with van der Waals surface area (Å²) in [7, 11) is 1.21. The normalized spacial score (nSPS) is 11.9. The predicted octanol–water partition coefficient (Wildman–Crippen LogP) is 0.237. The molecule has 0 saturated carbocycles. The van der Waals surface area contributed by atoms with Crippen molar-refractivity contribution >= 4 is 17.6 Å². The van der Waals surface area contributed by atoms with Gasteiger partial charge in [0.1, 0.15) is 5.82 Å². The van der Waals surface area contributed by atoms with Crippen LogP contribution in [0.3, 0.4) is 0 Å². The molecule has 1 atom stereocenters. The van der Waals surface area contributed by atoms with Crippen LogP contribution in [-0.2, 0) is 9.53 Å². The van der Waals surface area contributed by atoms with Crippen molar-refractivity contribution in [1.29, 1.82) is 0 Å². The number of carboxylic acids is 1. The molecule has 0 aromatic heterocycles. The number of carbonyl (C=O) groups is 2. The van der Waals surface area contributed by atoms with Crippen molar-refractivity contribution in [3.63, 3.8) is 0 Å². The van der Waals surface area contributed by atoms with Crippen LogP contribution in [-0.4, -0.2) is 36.7 Å². The summed E-state index contributed by atoms with van der Waals surface area (Å²) in [6.07, 6.45) is -1.16. The third-order valence-corrected chi connectivity index (χ3v) is 2.27. The molecule has 1 aromatic carbocycles. The van der Waals surface area contributed by atoms with Crippen LogP contribution in [0.1, 0.15) is 10.4 Å². The highest BCUT2D eigenvalue weighted by atomic mass is 19.1. The zero-order chi connectivity index (χ0) is 13.7. The van der Waals surface area contributed by atoms with Crippen molar-refractivity contribution < 1.29 is 23.8 Å². The molecule has 4 N–H and O–H groups in total. The molecule has 6 nitrogen and oxygen atoms in total. The van der Waals surface area contributed by atoms with Crippen molar-refractivity contribution in [3.05, 3.63) is 29.6 Å². The molecule has 0 saturated heterocycles. The van der Waals surface area contributed by atoms with Gasteiger partial charge in [0.25, 0.3) is 5.91 Å². The Hall–Kier alpha value is -2.15. The lowest BCUT2D eigenvalue weighted by atomic mass is 10.1. The van der Waals surface area contributed by atoms with Gasteiger partial charge in [-0.1, -0.05) is 0 Å². The first-order valence-electron chi connectivity index (χ1n) is 5.04. The van der Waals surface area contributed by atoms with E-state index in [2.05, 4.69) is 10.1 Å². The number of nitrogens with one attached hydrogen (secondary N) is 1. The van der Waals surface area contributed by atoms with Crippen LogP contribution in [0.15, 0.2) is 18.2 Å². The van der Waals surface area contributed by atoms with Crippen molar-refractivity contribution in [3.8, 4) is 0 Å². The minimum atomic E-state index is -1.20. The first kappa shape index (κ1) is 13.9. The van der Waals surface area contributed by atoms with E-state index in [-0.39, 0.29) is 17.8 Å². The largest absolute Gasteiger partial charge is 0.479 e. The molecule has 1 unspecified atom stereocenters. The fourth-order valence-corrected chi connectivity index (χ4v) is 1.28. The number of methoxy groups -OCH3 is 1. The number of nitrogen functional groups attached to an aromatic ring is 1. The summed E-state index contributed by atoms with van der Waals surface area (Å²) in [5, 5.41) is 11.0. The number of ether oxygens (including phenoxy) is 1. The highest BCUT2D eigenvalue weighted by Crippen LogP contribution is 2.12. The maximum absolute atomic E-state index is 12.9. The number of hydrogen-bond acceptors (Lipinski definition) is 4. The van der Waals surface area contributed by atoms with Gasteiger partial charge in [-0.05, 0) is 18.2 Å². The predicted molar refractivity (Wildman–Crippen MR) is 61.6 cm³/mol. The quantitative estimate of drug-likeness (QED) is 0.655. The van der Waals surface area contributed by atoms with Gasteiger partial charge in [0.2, 0.25) is 0 Å². The van der Waals surface area contributed by atoms with Crippen LogP contribution in [0.2, 0.25) is 0 Å². The smallest absolute Gasteiger partial charge is 0.334 e. The molecule has 0 heterocycles. The zero-order valence-corrected chi connectivity index (χ0v) is 9.64. The van der Waals surface area contributed by atoms with Crippen molar-refractivity contribution in [2.24, 2.45) is 0 Å². The van der Waals surface area contributed by atoms with Crippen molar-refractivity contribution in [2.75, 3.05) is 19.4 Å². The number of carbonyl (C=O) groups excluding carboxylic acids is 1. The lowest BCUT2D eigenvalue weighted by Gasteiger charge is -2.12. The highest BCUT2D eigenvalue weighted by molar-refractivity contribution is 5.99. The Morgan fingerprint density at radius 2 is 2.22 bits per heavy atom.